The molecule has 0 saturated heterocycles. The molecule has 5 rings (SSSR count). The van der Waals surface area contributed by atoms with Gasteiger partial charge in [0.1, 0.15) is 11.4 Å². The standard InChI is InChI=1S/C28H34N8O2/c1-28(2,3)38-27(37)34-22-11-9-21(10-12-22)33-24-13-14-25-29-18-23(36(25)35-24)20-16-31-26(32-17-20)30-15-19-7-5-4-6-8-19/h4-8,13-14,16-18,21-22H,9-12,15H2,1-3H3,(H,33,35)(H,34,37)(H,30,31,32). The van der Waals surface area contributed by atoms with Gasteiger partial charge in [0.15, 0.2) is 5.65 Å². The third kappa shape index (κ3) is 6.56. The molecular formula is C28H34N8O2. The average Bonchev–Trinajstić information content (AvgIpc) is 3.32. The molecule has 4 aromatic rings. The van der Waals surface area contributed by atoms with Crippen molar-refractivity contribution in [1.82, 2.24) is 29.9 Å². The van der Waals surface area contributed by atoms with Crippen LogP contribution in [0.4, 0.5) is 16.6 Å². The van der Waals surface area contributed by atoms with Gasteiger partial charge in [-0.25, -0.2) is 24.3 Å². The van der Waals surface area contributed by atoms with Gasteiger partial charge in [0, 0.05) is 36.6 Å². The first-order chi connectivity index (χ1) is 18.3. The first kappa shape index (κ1) is 25.4. The number of carbonyl (C=O) groups is 1. The van der Waals surface area contributed by atoms with Gasteiger partial charge in [0.2, 0.25) is 5.95 Å². The molecular weight excluding hydrogens is 480 g/mol. The largest absolute Gasteiger partial charge is 0.444 e. The number of hydrogen-bond acceptors (Lipinski definition) is 8. The predicted octanol–water partition coefficient (Wildman–Crippen LogP) is 5.05. The van der Waals surface area contributed by atoms with Crippen molar-refractivity contribution in [2.75, 3.05) is 10.6 Å². The monoisotopic (exact) mass is 514 g/mol. The van der Waals surface area contributed by atoms with E-state index in [1.807, 2.05) is 55.6 Å². The normalized spacial score (nSPS) is 17.7. The molecule has 1 aliphatic carbocycles. The number of hydrogen-bond donors (Lipinski definition) is 3. The lowest BCUT2D eigenvalue weighted by atomic mass is 9.91. The van der Waals surface area contributed by atoms with Crippen molar-refractivity contribution in [3.63, 3.8) is 0 Å². The van der Waals surface area contributed by atoms with Crippen molar-refractivity contribution in [3.05, 3.63) is 66.6 Å². The van der Waals surface area contributed by atoms with Crippen LogP contribution in [-0.2, 0) is 11.3 Å². The van der Waals surface area contributed by atoms with E-state index in [0.717, 1.165) is 48.4 Å². The summed E-state index contributed by atoms with van der Waals surface area (Å²) in [5, 5.41) is 14.6. The molecule has 3 aromatic heterocycles. The number of imidazole rings is 1. The third-order valence-electron chi connectivity index (χ3n) is 6.40. The second-order valence-corrected chi connectivity index (χ2v) is 10.6. The number of rotatable bonds is 7. The molecule has 0 spiro atoms. The minimum atomic E-state index is -0.493. The van der Waals surface area contributed by atoms with E-state index in [1.165, 1.54) is 5.56 Å². The van der Waals surface area contributed by atoms with Gasteiger partial charge >= 0.3 is 6.09 Å². The van der Waals surface area contributed by atoms with Crippen LogP contribution in [0.1, 0.15) is 52.0 Å². The Kier molecular flexibility index (Phi) is 7.39. The van der Waals surface area contributed by atoms with Gasteiger partial charge in [0.25, 0.3) is 0 Å². The predicted molar refractivity (Wildman–Crippen MR) is 147 cm³/mol. The molecule has 3 N–H and O–H groups in total. The van der Waals surface area contributed by atoms with Gasteiger partial charge < -0.3 is 20.7 Å². The molecule has 0 atom stereocenters. The lowest BCUT2D eigenvalue weighted by Gasteiger charge is -2.30. The summed E-state index contributed by atoms with van der Waals surface area (Å²) in [6.45, 7) is 6.27. The van der Waals surface area contributed by atoms with Gasteiger partial charge in [0.05, 0.1) is 11.9 Å². The molecule has 10 heteroatoms. The van der Waals surface area contributed by atoms with Crippen LogP contribution in [0.2, 0.25) is 0 Å². The summed E-state index contributed by atoms with van der Waals surface area (Å²) in [7, 11) is 0. The van der Waals surface area contributed by atoms with Crippen LogP contribution in [0.15, 0.2) is 61.1 Å². The van der Waals surface area contributed by atoms with Crippen LogP contribution >= 0.6 is 0 Å². The van der Waals surface area contributed by atoms with E-state index in [0.29, 0.717) is 12.5 Å². The SMILES string of the molecule is CC(C)(C)OC(=O)NC1CCC(Nc2ccc3ncc(-c4cnc(NCc5ccccc5)nc4)n3n2)CC1. The molecule has 0 unspecified atom stereocenters. The Morgan fingerprint density at radius 2 is 1.66 bits per heavy atom. The van der Waals surface area contributed by atoms with E-state index >= 15 is 0 Å². The summed E-state index contributed by atoms with van der Waals surface area (Å²) in [6, 6.07) is 14.4. The van der Waals surface area contributed by atoms with E-state index in [2.05, 4.69) is 43.0 Å². The van der Waals surface area contributed by atoms with E-state index in [1.54, 1.807) is 18.6 Å². The molecule has 1 amide bonds. The number of nitrogens with one attached hydrogen (secondary N) is 3. The number of carbonyl (C=O) groups excluding carboxylic acids is 1. The van der Waals surface area contributed by atoms with Gasteiger partial charge in [-0.05, 0) is 64.2 Å². The zero-order chi connectivity index (χ0) is 26.5. The topological polar surface area (TPSA) is 118 Å². The van der Waals surface area contributed by atoms with Crippen LogP contribution in [0.3, 0.4) is 0 Å². The minimum Gasteiger partial charge on any atom is -0.444 e. The Hall–Kier alpha value is -4.21. The molecule has 0 aliphatic heterocycles. The number of alkyl carbamates (subject to hydrolysis) is 1. The Morgan fingerprint density at radius 3 is 2.37 bits per heavy atom. The van der Waals surface area contributed by atoms with Crippen LogP contribution < -0.4 is 16.0 Å². The Morgan fingerprint density at radius 1 is 0.947 bits per heavy atom. The maximum Gasteiger partial charge on any atom is 0.407 e. The molecule has 198 valence electrons. The van der Waals surface area contributed by atoms with Gasteiger partial charge in [-0.3, -0.25) is 0 Å². The summed E-state index contributed by atoms with van der Waals surface area (Å²) in [4.78, 5) is 25.5. The van der Waals surface area contributed by atoms with Crippen LogP contribution in [0.25, 0.3) is 16.9 Å². The number of ether oxygens (including phenoxy) is 1. The number of fused-ring (bicyclic) bond motifs is 1. The quantitative estimate of drug-likeness (QED) is 0.314. The van der Waals surface area contributed by atoms with Crippen molar-refractivity contribution in [2.45, 2.75) is 70.7 Å². The van der Waals surface area contributed by atoms with Gasteiger partial charge in [-0.2, -0.15) is 0 Å². The van der Waals surface area contributed by atoms with Crippen molar-refractivity contribution >= 4 is 23.5 Å². The number of anilines is 2. The molecule has 1 aliphatic rings. The van der Waals surface area contributed by atoms with Crippen LogP contribution in [0, 0.1) is 0 Å². The van der Waals surface area contributed by atoms with E-state index in [9.17, 15) is 4.79 Å². The fourth-order valence-corrected chi connectivity index (χ4v) is 4.54. The number of nitrogens with zero attached hydrogens (tertiary/aromatic N) is 5. The van der Waals surface area contributed by atoms with Crippen LogP contribution in [-0.4, -0.2) is 48.3 Å². The summed E-state index contributed by atoms with van der Waals surface area (Å²) in [5.41, 5.74) is 3.08. The lowest BCUT2D eigenvalue weighted by Crippen LogP contribution is -2.42. The molecule has 0 bridgehead atoms. The fourth-order valence-electron chi connectivity index (χ4n) is 4.54. The molecule has 0 radical (unpaired) electrons. The second-order valence-electron chi connectivity index (χ2n) is 10.6. The summed E-state index contributed by atoms with van der Waals surface area (Å²) >= 11 is 0. The summed E-state index contributed by atoms with van der Waals surface area (Å²) < 4.78 is 7.20. The zero-order valence-electron chi connectivity index (χ0n) is 22.0. The molecule has 1 saturated carbocycles. The highest BCUT2D eigenvalue weighted by Gasteiger charge is 2.25. The molecule has 10 nitrogen and oxygen atoms in total. The molecule has 3 heterocycles. The number of amides is 1. The van der Waals surface area contributed by atoms with Gasteiger partial charge in [-0.15, -0.1) is 5.10 Å². The molecule has 1 aromatic carbocycles. The summed E-state index contributed by atoms with van der Waals surface area (Å²) in [5.74, 6) is 1.35. The van der Waals surface area contributed by atoms with E-state index in [-0.39, 0.29) is 18.2 Å². The van der Waals surface area contributed by atoms with Crippen LogP contribution in [0.5, 0.6) is 0 Å². The zero-order valence-corrected chi connectivity index (χ0v) is 22.0. The highest BCUT2D eigenvalue weighted by atomic mass is 16.6. The van der Waals surface area contributed by atoms with Crippen molar-refractivity contribution in [1.29, 1.82) is 0 Å². The average molecular weight is 515 g/mol. The maximum absolute atomic E-state index is 12.1. The lowest BCUT2D eigenvalue weighted by molar-refractivity contribution is 0.0492. The number of aromatic nitrogens is 5. The Balaban J connectivity index is 1.19. The van der Waals surface area contributed by atoms with E-state index < -0.39 is 5.60 Å². The second kappa shape index (κ2) is 11.0. The first-order valence-electron chi connectivity index (χ1n) is 13.0. The van der Waals surface area contributed by atoms with Crippen molar-refractivity contribution in [3.8, 4) is 11.3 Å². The van der Waals surface area contributed by atoms with E-state index in [4.69, 9.17) is 9.84 Å². The highest BCUT2D eigenvalue weighted by Crippen LogP contribution is 2.24. The maximum atomic E-state index is 12.1. The molecule has 38 heavy (non-hydrogen) atoms. The van der Waals surface area contributed by atoms with Crippen molar-refractivity contribution < 1.29 is 9.53 Å². The fraction of sp³-hybridized carbons (Fsp3) is 0.393. The Labute approximate surface area is 222 Å². The third-order valence-corrected chi connectivity index (χ3v) is 6.40. The minimum absolute atomic E-state index is 0.128. The molecule has 1 fully saturated rings. The first-order valence-corrected chi connectivity index (χ1v) is 13.0. The summed E-state index contributed by atoms with van der Waals surface area (Å²) in [6.07, 6.45) is 8.64. The van der Waals surface area contributed by atoms with Crippen molar-refractivity contribution in [2.24, 2.45) is 0 Å². The Bertz CT molecular complexity index is 1360. The van der Waals surface area contributed by atoms with Gasteiger partial charge in [-0.1, -0.05) is 30.3 Å². The highest BCUT2D eigenvalue weighted by molar-refractivity contribution is 5.68. The smallest absolute Gasteiger partial charge is 0.407 e. The number of benzene rings is 1.